The third-order valence-electron chi connectivity index (χ3n) is 2.10. The summed E-state index contributed by atoms with van der Waals surface area (Å²) in [6.45, 7) is 0. The largest absolute Gasteiger partial charge is 0.409 e. The molecule has 1 aromatic carbocycles. The fourth-order valence-corrected chi connectivity index (χ4v) is 1.42. The zero-order chi connectivity index (χ0) is 14.4. The van der Waals surface area contributed by atoms with Gasteiger partial charge in [0.15, 0.2) is 17.5 Å². The number of nitrogens with two attached hydrogens (primary N) is 1. The van der Waals surface area contributed by atoms with Gasteiger partial charge in [-0.25, -0.2) is 4.39 Å². The van der Waals surface area contributed by atoms with Gasteiger partial charge in [0.1, 0.15) is 5.71 Å². The van der Waals surface area contributed by atoms with Crippen molar-refractivity contribution in [1.82, 2.24) is 0 Å². The summed E-state index contributed by atoms with van der Waals surface area (Å²) in [5.41, 5.74) is 5.15. The summed E-state index contributed by atoms with van der Waals surface area (Å²) >= 11 is 5.61. The Labute approximate surface area is 112 Å². The molecule has 102 valence electrons. The molecule has 19 heavy (non-hydrogen) atoms. The van der Waals surface area contributed by atoms with Crippen LogP contribution in [0.25, 0.3) is 0 Å². The van der Waals surface area contributed by atoms with E-state index in [2.05, 4.69) is 20.6 Å². The van der Waals surface area contributed by atoms with E-state index in [0.29, 0.717) is 0 Å². The van der Waals surface area contributed by atoms with Crippen molar-refractivity contribution in [2.24, 2.45) is 21.0 Å². The number of anilines is 1. The average molecular weight is 288 g/mol. The third kappa shape index (κ3) is 3.32. The van der Waals surface area contributed by atoms with Crippen molar-refractivity contribution in [2.45, 2.75) is 0 Å². The van der Waals surface area contributed by atoms with Gasteiger partial charge in [0, 0.05) is 7.05 Å². The van der Waals surface area contributed by atoms with Gasteiger partial charge in [0.05, 0.1) is 10.7 Å². The summed E-state index contributed by atoms with van der Waals surface area (Å²) in [4.78, 5) is 3.67. The molecule has 0 heterocycles. The van der Waals surface area contributed by atoms with Crippen molar-refractivity contribution in [3.05, 3.63) is 29.0 Å². The fourth-order valence-electron chi connectivity index (χ4n) is 1.25. The maximum absolute atomic E-state index is 13.7. The van der Waals surface area contributed by atoms with Crippen molar-refractivity contribution in [3.63, 3.8) is 0 Å². The van der Waals surface area contributed by atoms with Crippen LogP contribution < -0.4 is 11.1 Å². The predicted octanol–water partition coefficient (Wildman–Crippen LogP) is 1.50. The molecule has 0 aliphatic carbocycles. The third-order valence-corrected chi connectivity index (χ3v) is 2.39. The van der Waals surface area contributed by atoms with Gasteiger partial charge in [-0.05, 0) is 12.1 Å². The Bertz CT molecular complexity index is 559. The Kier molecular flexibility index (Phi) is 5.07. The molecule has 0 radical (unpaired) electrons. The number of oxime groups is 2. The number of nitrogens with one attached hydrogen (secondary N) is 1. The van der Waals surface area contributed by atoms with Crippen LogP contribution in [-0.4, -0.2) is 34.8 Å². The lowest BCUT2D eigenvalue weighted by Gasteiger charge is -2.10. The molecule has 0 aliphatic rings. The quantitative estimate of drug-likeness (QED) is 0.292. The number of amidine groups is 2. The molecule has 5 N–H and O–H groups in total. The van der Waals surface area contributed by atoms with Gasteiger partial charge >= 0.3 is 0 Å². The second-order valence-electron chi connectivity index (χ2n) is 3.23. The zero-order valence-corrected chi connectivity index (χ0v) is 10.6. The SMILES string of the molecule is C/N=C(C(=NO)Nc1cccc(Cl)c1F)\C(N)=N/O. The summed E-state index contributed by atoms with van der Waals surface area (Å²) in [6.07, 6.45) is 0. The molecule has 0 aliphatic heterocycles. The van der Waals surface area contributed by atoms with Crippen molar-refractivity contribution in [1.29, 1.82) is 0 Å². The Hall–Kier alpha value is -2.35. The van der Waals surface area contributed by atoms with Gasteiger partial charge in [-0.15, -0.1) is 0 Å². The standard InChI is InChI=1S/C10H11ClFN5O2/c1-14-8(9(13)16-18)10(17-19)15-6-4-2-3-5(11)7(6)12/h2-4,18-19H,1H3,(H2,13,16)(H,15,17)/b14-8+. The van der Waals surface area contributed by atoms with Crippen molar-refractivity contribution >= 4 is 34.7 Å². The van der Waals surface area contributed by atoms with Crippen LogP contribution >= 0.6 is 11.6 Å². The molecular formula is C10H11ClFN5O2. The van der Waals surface area contributed by atoms with Gasteiger partial charge in [0.25, 0.3) is 0 Å². The van der Waals surface area contributed by atoms with E-state index in [-0.39, 0.29) is 22.3 Å². The predicted molar refractivity (Wildman–Crippen MR) is 71.0 cm³/mol. The number of aliphatic imine (C=N–C) groups is 1. The van der Waals surface area contributed by atoms with Crippen LogP contribution in [0.4, 0.5) is 10.1 Å². The van der Waals surface area contributed by atoms with E-state index in [4.69, 9.17) is 27.7 Å². The molecule has 0 amide bonds. The highest BCUT2D eigenvalue weighted by atomic mass is 35.5. The minimum absolute atomic E-state index is 0.0489. The van der Waals surface area contributed by atoms with E-state index in [0.717, 1.165) is 0 Å². The van der Waals surface area contributed by atoms with Gasteiger partial charge in [-0.2, -0.15) is 0 Å². The average Bonchev–Trinajstić information content (AvgIpc) is 2.42. The summed E-state index contributed by atoms with van der Waals surface area (Å²) in [6, 6.07) is 4.22. The fraction of sp³-hybridized carbons (Fsp3) is 0.100. The normalized spacial score (nSPS) is 13.5. The summed E-state index contributed by atoms with van der Waals surface area (Å²) < 4.78 is 13.7. The van der Waals surface area contributed by atoms with E-state index < -0.39 is 11.7 Å². The number of hydrogen-bond acceptors (Lipinski definition) is 5. The Morgan fingerprint density at radius 1 is 1.37 bits per heavy atom. The molecule has 0 saturated carbocycles. The molecule has 0 unspecified atom stereocenters. The first-order chi connectivity index (χ1) is 9.04. The summed E-state index contributed by atoms with van der Waals surface area (Å²) in [7, 11) is 1.33. The molecule has 1 aromatic rings. The summed E-state index contributed by atoms with van der Waals surface area (Å²) in [5.74, 6) is -1.43. The molecule has 9 heteroatoms. The highest BCUT2D eigenvalue weighted by Gasteiger charge is 2.17. The van der Waals surface area contributed by atoms with E-state index in [9.17, 15) is 4.39 Å². The maximum Gasteiger partial charge on any atom is 0.199 e. The van der Waals surface area contributed by atoms with E-state index in [1.54, 1.807) is 0 Å². The number of hydrogen-bond donors (Lipinski definition) is 4. The smallest absolute Gasteiger partial charge is 0.199 e. The highest BCUT2D eigenvalue weighted by molar-refractivity contribution is 6.69. The number of nitrogens with zero attached hydrogens (tertiary/aromatic N) is 3. The molecule has 1 rings (SSSR count). The van der Waals surface area contributed by atoms with Crippen LogP contribution in [0.1, 0.15) is 0 Å². The molecule has 0 saturated heterocycles. The molecule has 0 aromatic heterocycles. The molecule has 7 nitrogen and oxygen atoms in total. The minimum atomic E-state index is -0.736. The second kappa shape index (κ2) is 6.55. The molecule has 0 bridgehead atoms. The summed E-state index contributed by atoms with van der Waals surface area (Å²) in [5, 5.41) is 25.4. The number of rotatable bonds is 3. The lowest BCUT2D eigenvalue weighted by Crippen LogP contribution is -2.35. The first-order valence-electron chi connectivity index (χ1n) is 4.93. The Morgan fingerprint density at radius 3 is 2.58 bits per heavy atom. The van der Waals surface area contributed by atoms with Gasteiger partial charge in [0.2, 0.25) is 0 Å². The lowest BCUT2D eigenvalue weighted by molar-refractivity contribution is 0.318. The van der Waals surface area contributed by atoms with E-state index in [1.165, 1.54) is 25.2 Å². The molecule has 0 fully saturated rings. The van der Waals surface area contributed by atoms with Gasteiger partial charge in [-0.1, -0.05) is 28.0 Å². The second-order valence-corrected chi connectivity index (χ2v) is 3.64. The zero-order valence-electron chi connectivity index (χ0n) is 9.80. The van der Waals surface area contributed by atoms with Gasteiger partial charge in [-0.3, -0.25) is 4.99 Å². The van der Waals surface area contributed by atoms with Crippen molar-refractivity contribution < 1.29 is 14.8 Å². The van der Waals surface area contributed by atoms with Crippen LogP contribution in [-0.2, 0) is 0 Å². The van der Waals surface area contributed by atoms with Crippen LogP contribution in [0.5, 0.6) is 0 Å². The first kappa shape index (κ1) is 14.7. The van der Waals surface area contributed by atoms with Crippen molar-refractivity contribution in [2.75, 3.05) is 12.4 Å². The Balaban J connectivity index is 3.11. The lowest BCUT2D eigenvalue weighted by atomic mass is 10.2. The van der Waals surface area contributed by atoms with E-state index >= 15 is 0 Å². The maximum atomic E-state index is 13.7. The molecular weight excluding hydrogens is 277 g/mol. The van der Waals surface area contributed by atoms with Crippen LogP contribution in [0.2, 0.25) is 5.02 Å². The van der Waals surface area contributed by atoms with Gasteiger partial charge < -0.3 is 21.5 Å². The monoisotopic (exact) mass is 287 g/mol. The number of halogens is 2. The molecule has 0 atom stereocenters. The highest BCUT2D eigenvalue weighted by Crippen LogP contribution is 2.22. The topological polar surface area (TPSA) is 116 Å². The first-order valence-corrected chi connectivity index (χ1v) is 5.31. The van der Waals surface area contributed by atoms with Crippen LogP contribution in [0.15, 0.2) is 33.5 Å². The van der Waals surface area contributed by atoms with Crippen LogP contribution in [0, 0.1) is 5.82 Å². The van der Waals surface area contributed by atoms with E-state index in [1.807, 2.05) is 0 Å². The Morgan fingerprint density at radius 2 is 2.05 bits per heavy atom. The number of benzene rings is 1. The van der Waals surface area contributed by atoms with Crippen LogP contribution in [0.3, 0.4) is 0 Å². The molecule has 0 spiro atoms. The van der Waals surface area contributed by atoms with Crippen molar-refractivity contribution in [3.8, 4) is 0 Å². The minimum Gasteiger partial charge on any atom is -0.409 e.